The molecule has 5 nitrogen and oxygen atoms in total. The average Bonchev–Trinajstić information content (AvgIpc) is 2.68. The molecule has 1 unspecified atom stereocenters. The van der Waals surface area contributed by atoms with Crippen molar-refractivity contribution in [3.05, 3.63) is 28.2 Å². The second-order valence-electron chi connectivity index (χ2n) is 3.56. The van der Waals surface area contributed by atoms with Crippen LogP contribution in [0.2, 0.25) is 0 Å². The Bertz CT molecular complexity index is 475. The fourth-order valence-corrected chi connectivity index (χ4v) is 1.91. The molecule has 0 amide bonds. The van der Waals surface area contributed by atoms with Gasteiger partial charge in [-0.15, -0.1) is 0 Å². The van der Waals surface area contributed by atoms with Gasteiger partial charge in [0.05, 0.1) is 16.6 Å². The maximum Gasteiger partial charge on any atom is 0.347 e. The lowest BCUT2D eigenvalue weighted by Gasteiger charge is -2.10. The smallest absolute Gasteiger partial charge is 0.347 e. The molecular formula is C11H10BrNO4. The number of benzene rings is 1. The highest BCUT2D eigenvalue weighted by atomic mass is 79.9. The minimum atomic E-state index is -0.809. The van der Waals surface area contributed by atoms with Crippen LogP contribution in [0.15, 0.2) is 22.7 Å². The van der Waals surface area contributed by atoms with E-state index in [1.54, 1.807) is 18.2 Å². The summed E-state index contributed by atoms with van der Waals surface area (Å²) in [7, 11) is 0. The number of carbonyl (C=O) groups excluding carboxylic acids is 2. The van der Waals surface area contributed by atoms with E-state index in [4.69, 9.17) is 15.2 Å². The van der Waals surface area contributed by atoms with Gasteiger partial charge in [0.2, 0.25) is 6.10 Å². The SMILES string of the molecule is Nc1cccc(C(=O)OC2CCOC2=O)c1Br. The van der Waals surface area contributed by atoms with Crippen molar-refractivity contribution in [2.45, 2.75) is 12.5 Å². The topological polar surface area (TPSA) is 78.6 Å². The zero-order valence-corrected chi connectivity index (χ0v) is 10.4. The van der Waals surface area contributed by atoms with Gasteiger partial charge >= 0.3 is 11.9 Å². The van der Waals surface area contributed by atoms with Gasteiger partial charge in [-0.25, -0.2) is 9.59 Å². The standard InChI is InChI=1S/C11H10BrNO4/c12-9-6(2-1-3-7(9)13)10(14)17-8-4-5-16-11(8)15/h1-3,8H,4-5,13H2. The van der Waals surface area contributed by atoms with E-state index < -0.39 is 18.0 Å². The molecule has 17 heavy (non-hydrogen) atoms. The van der Waals surface area contributed by atoms with E-state index in [0.717, 1.165) is 0 Å². The van der Waals surface area contributed by atoms with E-state index in [-0.39, 0.29) is 6.61 Å². The van der Waals surface area contributed by atoms with Crippen LogP contribution in [-0.2, 0) is 14.3 Å². The molecule has 1 saturated heterocycles. The summed E-state index contributed by atoms with van der Waals surface area (Å²) in [5.74, 6) is -1.09. The lowest BCUT2D eigenvalue weighted by molar-refractivity contribution is -0.145. The highest BCUT2D eigenvalue weighted by molar-refractivity contribution is 9.10. The van der Waals surface area contributed by atoms with Crippen LogP contribution in [0.1, 0.15) is 16.8 Å². The van der Waals surface area contributed by atoms with Crippen LogP contribution < -0.4 is 5.73 Å². The molecule has 0 aliphatic carbocycles. The highest BCUT2D eigenvalue weighted by Gasteiger charge is 2.31. The molecule has 1 atom stereocenters. The van der Waals surface area contributed by atoms with Gasteiger partial charge in [-0.2, -0.15) is 0 Å². The molecule has 1 heterocycles. The van der Waals surface area contributed by atoms with Crippen molar-refractivity contribution in [3.8, 4) is 0 Å². The van der Waals surface area contributed by atoms with Gasteiger partial charge in [-0.1, -0.05) is 6.07 Å². The van der Waals surface area contributed by atoms with Gasteiger partial charge in [0.25, 0.3) is 0 Å². The van der Waals surface area contributed by atoms with Crippen molar-refractivity contribution in [2.24, 2.45) is 0 Å². The lowest BCUT2D eigenvalue weighted by atomic mass is 10.2. The fraction of sp³-hybridized carbons (Fsp3) is 0.273. The Morgan fingerprint density at radius 2 is 2.29 bits per heavy atom. The van der Waals surface area contributed by atoms with Crippen molar-refractivity contribution in [2.75, 3.05) is 12.3 Å². The van der Waals surface area contributed by atoms with E-state index in [1.807, 2.05) is 0 Å². The summed E-state index contributed by atoms with van der Waals surface area (Å²) in [5.41, 5.74) is 6.38. The number of cyclic esters (lactones) is 1. The third-order valence-corrected chi connectivity index (χ3v) is 3.27. The van der Waals surface area contributed by atoms with Gasteiger partial charge in [0.15, 0.2) is 0 Å². The molecule has 2 N–H and O–H groups in total. The molecular weight excluding hydrogens is 290 g/mol. The zero-order valence-electron chi connectivity index (χ0n) is 8.81. The predicted molar refractivity (Wildman–Crippen MR) is 63.3 cm³/mol. The zero-order chi connectivity index (χ0) is 12.4. The first kappa shape index (κ1) is 11.9. The number of esters is 2. The number of hydrogen-bond acceptors (Lipinski definition) is 5. The van der Waals surface area contributed by atoms with E-state index in [2.05, 4.69) is 15.9 Å². The summed E-state index contributed by atoms with van der Waals surface area (Å²) in [6.07, 6.45) is -0.416. The summed E-state index contributed by atoms with van der Waals surface area (Å²) >= 11 is 3.20. The van der Waals surface area contributed by atoms with Crippen LogP contribution in [0.3, 0.4) is 0 Å². The Morgan fingerprint density at radius 3 is 2.94 bits per heavy atom. The normalized spacial score (nSPS) is 18.9. The third kappa shape index (κ3) is 2.41. The first-order valence-corrected chi connectivity index (χ1v) is 5.80. The Kier molecular flexibility index (Phi) is 3.33. The van der Waals surface area contributed by atoms with E-state index in [0.29, 0.717) is 22.1 Å². The molecule has 1 aliphatic rings. The Labute approximate surface area is 106 Å². The van der Waals surface area contributed by atoms with Crippen LogP contribution in [0, 0.1) is 0 Å². The number of carbonyl (C=O) groups is 2. The predicted octanol–water partition coefficient (Wildman–Crippen LogP) is 1.50. The van der Waals surface area contributed by atoms with E-state index >= 15 is 0 Å². The molecule has 6 heteroatoms. The molecule has 1 aromatic rings. The van der Waals surface area contributed by atoms with Gasteiger partial charge < -0.3 is 15.2 Å². The number of anilines is 1. The molecule has 0 saturated carbocycles. The molecule has 1 aromatic carbocycles. The monoisotopic (exact) mass is 299 g/mol. The molecule has 0 radical (unpaired) electrons. The van der Waals surface area contributed by atoms with Crippen molar-refractivity contribution in [1.82, 2.24) is 0 Å². The number of halogens is 1. The maximum atomic E-state index is 11.8. The number of nitrogen functional groups attached to an aromatic ring is 1. The van der Waals surface area contributed by atoms with Crippen LogP contribution in [0.5, 0.6) is 0 Å². The Hall–Kier alpha value is -1.56. The van der Waals surface area contributed by atoms with Crippen LogP contribution in [-0.4, -0.2) is 24.6 Å². The molecule has 2 rings (SSSR count). The van der Waals surface area contributed by atoms with E-state index in [1.165, 1.54) is 0 Å². The summed E-state index contributed by atoms with van der Waals surface area (Å²) in [5, 5.41) is 0. The van der Waals surface area contributed by atoms with E-state index in [9.17, 15) is 9.59 Å². The molecule has 90 valence electrons. The number of nitrogens with two attached hydrogens (primary N) is 1. The van der Waals surface area contributed by atoms with Gasteiger partial charge in [0, 0.05) is 12.1 Å². The quantitative estimate of drug-likeness (QED) is 0.661. The average molecular weight is 300 g/mol. The second kappa shape index (κ2) is 4.75. The summed E-state index contributed by atoms with van der Waals surface area (Å²) in [6.45, 7) is 0.287. The first-order valence-electron chi connectivity index (χ1n) is 5.01. The fourth-order valence-electron chi connectivity index (χ4n) is 1.48. The number of rotatable bonds is 2. The van der Waals surface area contributed by atoms with Crippen molar-refractivity contribution >= 4 is 33.6 Å². The molecule has 1 aliphatic heterocycles. The Morgan fingerprint density at radius 1 is 1.53 bits per heavy atom. The highest BCUT2D eigenvalue weighted by Crippen LogP contribution is 2.25. The van der Waals surface area contributed by atoms with Crippen LogP contribution >= 0.6 is 15.9 Å². The summed E-state index contributed by atoms with van der Waals surface area (Å²) in [4.78, 5) is 23.0. The molecule has 0 aromatic heterocycles. The molecule has 0 spiro atoms. The second-order valence-corrected chi connectivity index (χ2v) is 4.35. The largest absolute Gasteiger partial charge is 0.463 e. The van der Waals surface area contributed by atoms with Crippen LogP contribution in [0.25, 0.3) is 0 Å². The van der Waals surface area contributed by atoms with Gasteiger partial charge in [-0.05, 0) is 28.1 Å². The number of ether oxygens (including phenoxy) is 2. The van der Waals surface area contributed by atoms with Crippen molar-refractivity contribution < 1.29 is 19.1 Å². The first-order chi connectivity index (χ1) is 8.09. The van der Waals surface area contributed by atoms with Crippen molar-refractivity contribution in [3.63, 3.8) is 0 Å². The van der Waals surface area contributed by atoms with Crippen LogP contribution in [0.4, 0.5) is 5.69 Å². The minimum Gasteiger partial charge on any atom is -0.463 e. The van der Waals surface area contributed by atoms with Gasteiger partial charge in [-0.3, -0.25) is 0 Å². The molecule has 0 bridgehead atoms. The number of hydrogen-bond donors (Lipinski definition) is 1. The van der Waals surface area contributed by atoms with Gasteiger partial charge in [0.1, 0.15) is 0 Å². The third-order valence-electron chi connectivity index (χ3n) is 2.39. The van der Waals surface area contributed by atoms with Crippen molar-refractivity contribution in [1.29, 1.82) is 0 Å². The minimum absolute atomic E-state index is 0.287. The lowest BCUT2D eigenvalue weighted by Crippen LogP contribution is -2.23. The summed E-state index contributed by atoms with van der Waals surface area (Å²) in [6, 6.07) is 4.87. The summed E-state index contributed by atoms with van der Waals surface area (Å²) < 4.78 is 10.2. The Balaban J connectivity index is 2.14. The molecule has 1 fully saturated rings. The maximum absolute atomic E-state index is 11.8.